The highest BCUT2D eigenvalue weighted by Gasteiger charge is 2.45. The van der Waals surface area contributed by atoms with Gasteiger partial charge in [0.2, 0.25) is 0 Å². The molecule has 2 aliphatic carbocycles. The lowest BCUT2D eigenvalue weighted by Gasteiger charge is -2.56. The van der Waals surface area contributed by atoms with Crippen LogP contribution in [0.1, 0.15) is 82.6 Å². The number of piperidine rings is 2. The smallest absolute Gasteiger partial charge is 0.303 e. The number of fused-ring (bicyclic) bond motifs is 4. The van der Waals surface area contributed by atoms with Crippen LogP contribution in [-0.2, 0) is 11.2 Å². The van der Waals surface area contributed by atoms with E-state index in [0.717, 1.165) is 30.0 Å². The summed E-state index contributed by atoms with van der Waals surface area (Å²) in [5.74, 6) is 1.29. The van der Waals surface area contributed by atoms with Crippen molar-refractivity contribution in [2.75, 3.05) is 11.9 Å². The molecule has 31 heavy (non-hydrogen) atoms. The van der Waals surface area contributed by atoms with Gasteiger partial charge in [-0.2, -0.15) is 0 Å². The first kappa shape index (κ1) is 21.3. The van der Waals surface area contributed by atoms with Gasteiger partial charge in [-0.25, -0.2) is 0 Å². The van der Waals surface area contributed by atoms with Crippen molar-refractivity contribution in [2.45, 2.75) is 108 Å². The third-order valence-electron chi connectivity index (χ3n) is 9.06. The molecule has 0 spiro atoms. The first-order valence-electron chi connectivity index (χ1n) is 12.9. The lowest BCUT2D eigenvalue weighted by Crippen LogP contribution is -2.61. The van der Waals surface area contributed by atoms with Crippen LogP contribution < -0.4 is 4.90 Å². The van der Waals surface area contributed by atoms with E-state index in [9.17, 15) is 4.79 Å². The Kier molecular flexibility index (Phi) is 6.28. The Morgan fingerprint density at radius 1 is 0.935 bits per heavy atom. The van der Waals surface area contributed by atoms with E-state index in [1.54, 1.807) is 0 Å². The monoisotopic (exact) mass is 424 g/mol. The van der Waals surface area contributed by atoms with Gasteiger partial charge in [0.25, 0.3) is 0 Å². The van der Waals surface area contributed by atoms with E-state index in [1.165, 1.54) is 81.9 Å². The van der Waals surface area contributed by atoms with Gasteiger partial charge in [0.1, 0.15) is 0 Å². The summed E-state index contributed by atoms with van der Waals surface area (Å²) >= 11 is 0. The molecule has 0 amide bonds. The Morgan fingerprint density at radius 3 is 2.26 bits per heavy atom. The Bertz CT molecular complexity index is 754. The molecule has 4 nitrogen and oxygen atoms in total. The van der Waals surface area contributed by atoms with Crippen LogP contribution in [0.5, 0.6) is 0 Å². The van der Waals surface area contributed by atoms with Gasteiger partial charge in [0, 0.05) is 43.3 Å². The summed E-state index contributed by atoms with van der Waals surface area (Å²) in [5.41, 5.74) is 2.42. The number of anilines is 1. The summed E-state index contributed by atoms with van der Waals surface area (Å²) in [4.78, 5) is 16.6. The second kappa shape index (κ2) is 9.13. The zero-order valence-electron chi connectivity index (χ0n) is 19.2. The van der Waals surface area contributed by atoms with Gasteiger partial charge >= 0.3 is 5.97 Å². The van der Waals surface area contributed by atoms with Crippen molar-refractivity contribution in [3.8, 4) is 0 Å². The molecule has 4 fully saturated rings. The zero-order chi connectivity index (χ0) is 21.4. The molecule has 4 heteroatoms. The van der Waals surface area contributed by atoms with Crippen LogP contribution in [-0.4, -0.2) is 47.2 Å². The molecule has 5 rings (SSSR count). The van der Waals surface area contributed by atoms with Gasteiger partial charge in [-0.05, 0) is 74.8 Å². The van der Waals surface area contributed by atoms with Crippen molar-refractivity contribution in [3.05, 3.63) is 29.8 Å². The maximum atomic E-state index is 11.1. The van der Waals surface area contributed by atoms with Crippen molar-refractivity contribution in [2.24, 2.45) is 11.8 Å². The van der Waals surface area contributed by atoms with Crippen molar-refractivity contribution < 1.29 is 9.90 Å². The average Bonchev–Trinajstić information content (AvgIpc) is 2.76. The number of hydrogen-bond acceptors (Lipinski definition) is 3. The maximum Gasteiger partial charge on any atom is 0.303 e. The van der Waals surface area contributed by atoms with Gasteiger partial charge in [-0.15, -0.1) is 0 Å². The lowest BCUT2D eigenvalue weighted by atomic mass is 9.68. The molecule has 2 heterocycles. The second-order valence-electron chi connectivity index (χ2n) is 11.0. The van der Waals surface area contributed by atoms with E-state index < -0.39 is 5.97 Å². The number of rotatable bonds is 6. The molecule has 4 aliphatic rings. The minimum Gasteiger partial charge on any atom is -0.481 e. The van der Waals surface area contributed by atoms with Crippen molar-refractivity contribution in [1.29, 1.82) is 0 Å². The Labute approximate surface area is 188 Å². The predicted octanol–water partition coefficient (Wildman–Crippen LogP) is 5.49. The first-order valence-corrected chi connectivity index (χ1v) is 12.9. The van der Waals surface area contributed by atoms with E-state index >= 15 is 0 Å². The lowest BCUT2D eigenvalue weighted by molar-refractivity contribution is -0.136. The van der Waals surface area contributed by atoms with E-state index in [-0.39, 0.29) is 6.42 Å². The van der Waals surface area contributed by atoms with Crippen LogP contribution in [0.3, 0.4) is 0 Å². The van der Waals surface area contributed by atoms with Crippen molar-refractivity contribution in [3.63, 3.8) is 0 Å². The van der Waals surface area contributed by atoms with E-state index in [0.29, 0.717) is 12.5 Å². The standard InChI is InChI=1S/C27H40N2O2/c1-28(26-11-3-2-8-21(26)12-13-27(30)31)24-17-22-9-5-10-23(18-24)29(22)25-15-19-6-4-7-20(14-19)16-25/h2-3,8,11,19-20,22-25H,4-7,9-10,12-18H2,1H3,(H,30,31)/t19?,20?,22-,23?,24?,25?/m1/s1. The van der Waals surface area contributed by atoms with Gasteiger partial charge in [-0.1, -0.05) is 43.9 Å². The molecular weight excluding hydrogens is 384 g/mol. The molecule has 2 saturated carbocycles. The highest BCUT2D eigenvalue weighted by Crippen LogP contribution is 2.46. The van der Waals surface area contributed by atoms with Crippen LogP contribution in [0, 0.1) is 11.8 Å². The molecule has 5 atom stereocenters. The summed E-state index contributed by atoms with van der Waals surface area (Å²) in [6, 6.07) is 11.4. The SMILES string of the molecule is CN(c1ccccc1CCC(=O)O)C1CC2CCC[C@H](C1)N2C1CC2CCCC(C2)C1. The van der Waals surface area contributed by atoms with Crippen LogP contribution in [0.4, 0.5) is 5.69 Å². The molecule has 1 aromatic carbocycles. The topological polar surface area (TPSA) is 43.8 Å². The number of benzene rings is 1. The van der Waals surface area contributed by atoms with Crippen molar-refractivity contribution >= 4 is 11.7 Å². The fourth-order valence-electron chi connectivity index (χ4n) is 7.75. The molecule has 0 aromatic heterocycles. The Balaban J connectivity index is 1.30. The number of carboxylic acid groups (broad SMARTS) is 1. The Morgan fingerprint density at radius 2 is 1.58 bits per heavy atom. The molecule has 2 saturated heterocycles. The summed E-state index contributed by atoms with van der Waals surface area (Å²) in [5, 5.41) is 9.16. The molecule has 1 N–H and O–H groups in total. The quantitative estimate of drug-likeness (QED) is 0.655. The number of nitrogens with zero attached hydrogens (tertiary/aromatic N) is 2. The minimum absolute atomic E-state index is 0.207. The highest BCUT2D eigenvalue weighted by molar-refractivity contribution is 5.68. The number of carbonyl (C=O) groups is 1. The molecule has 1 aromatic rings. The van der Waals surface area contributed by atoms with Crippen LogP contribution in [0.2, 0.25) is 0 Å². The fraction of sp³-hybridized carbons (Fsp3) is 0.741. The third kappa shape index (κ3) is 4.51. The third-order valence-corrected chi connectivity index (χ3v) is 9.06. The molecule has 4 unspecified atom stereocenters. The number of aryl methyl sites for hydroxylation is 1. The first-order chi connectivity index (χ1) is 15.1. The van der Waals surface area contributed by atoms with E-state index in [2.05, 4.69) is 35.0 Å². The zero-order valence-corrected chi connectivity index (χ0v) is 19.2. The number of aliphatic carboxylic acids is 1. The van der Waals surface area contributed by atoms with Crippen LogP contribution in [0.15, 0.2) is 24.3 Å². The van der Waals surface area contributed by atoms with Crippen molar-refractivity contribution in [1.82, 2.24) is 4.90 Å². The minimum atomic E-state index is -0.711. The largest absolute Gasteiger partial charge is 0.481 e. The Hall–Kier alpha value is -1.55. The van der Waals surface area contributed by atoms with E-state index in [1.807, 2.05) is 6.07 Å². The number of carboxylic acids is 1. The van der Waals surface area contributed by atoms with Gasteiger partial charge in [0.05, 0.1) is 0 Å². The maximum absolute atomic E-state index is 11.1. The van der Waals surface area contributed by atoms with E-state index in [4.69, 9.17) is 5.11 Å². The predicted molar refractivity (Wildman–Crippen MR) is 126 cm³/mol. The molecule has 0 radical (unpaired) electrons. The average molecular weight is 425 g/mol. The number of hydrogen-bond donors (Lipinski definition) is 1. The highest BCUT2D eigenvalue weighted by atomic mass is 16.4. The molecule has 2 aliphatic heterocycles. The van der Waals surface area contributed by atoms with Gasteiger partial charge < -0.3 is 10.0 Å². The summed E-state index contributed by atoms with van der Waals surface area (Å²) in [6.07, 6.45) is 16.4. The molecular formula is C27H40N2O2. The summed E-state index contributed by atoms with van der Waals surface area (Å²) < 4.78 is 0. The summed E-state index contributed by atoms with van der Waals surface area (Å²) in [7, 11) is 2.25. The van der Waals surface area contributed by atoms with Gasteiger partial charge in [0.15, 0.2) is 0 Å². The normalized spacial score (nSPS) is 35.5. The molecule has 4 bridgehead atoms. The van der Waals surface area contributed by atoms with Gasteiger partial charge in [-0.3, -0.25) is 9.69 Å². The van der Waals surface area contributed by atoms with Crippen LogP contribution >= 0.6 is 0 Å². The number of para-hydroxylation sites is 1. The fourth-order valence-corrected chi connectivity index (χ4v) is 7.75. The second-order valence-corrected chi connectivity index (χ2v) is 11.0. The summed E-state index contributed by atoms with van der Waals surface area (Å²) in [6.45, 7) is 0. The van der Waals surface area contributed by atoms with Crippen LogP contribution in [0.25, 0.3) is 0 Å². The molecule has 170 valence electrons.